The summed E-state index contributed by atoms with van der Waals surface area (Å²) in [6, 6.07) is 80.1. The first-order chi connectivity index (χ1) is 70.7. The molecule has 2 aliphatic heterocycles. The molecular weight excluding hydrogens is 1830 g/mol. The Kier molecular flexibility index (Phi) is 32.9. The molecule has 744 valence electrons. The molecule has 4 aliphatic carbocycles. The second-order valence-corrected chi connectivity index (χ2v) is 38.0. The van der Waals surface area contributed by atoms with E-state index in [2.05, 4.69) is 177 Å². The van der Waals surface area contributed by atoms with E-state index < -0.39 is 35.2 Å². The van der Waals surface area contributed by atoms with Gasteiger partial charge in [-0.15, -0.1) is 0 Å². The molecule has 15 aromatic rings. The minimum Gasteiger partial charge on any atom is -0.399 e. The van der Waals surface area contributed by atoms with Gasteiger partial charge in [0.05, 0.1) is 40.5 Å². The lowest BCUT2D eigenvalue weighted by Gasteiger charge is -2.34. The number of aliphatic hydroxyl groups excluding tert-OH is 1. The van der Waals surface area contributed by atoms with Gasteiger partial charge in [-0.1, -0.05) is 182 Å². The van der Waals surface area contributed by atoms with Crippen LogP contribution >= 0.6 is 0 Å². The van der Waals surface area contributed by atoms with E-state index in [1.807, 2.05) is 128 Å². The lowest BCUT2D eigenvalue weighted by Crippen LogP contribution is -2.47. The summed E-state index contributed by atoms with van der Waals surface area (Å²) in [5, 5.41) is 25.2. The minimum atomic E-state index is -4.43. The molecule has 6 aliphatic rings. The molecule has 1 amide bonds. The standard InChI is InChI=1S/C33H36FN5O.C31H31F2N5O.C27H22F3N3O.C26H32N6/c1-40-20-19-39-17-15-38(16-18-39)14-13-24-7-6-8-26(21-24)36-33-35-23-25-22-30(28-10-4-5-12-31(28)34)27-9-2-3-11-29(27)32(25)37-33;1-38(2)16-6-5-15-34-31-35-19-21-17-26(24-7-3-4-8-25(24)29(21)37-31)20-9-12-23(13-10-20)36-30(39)27-18-22(32)11-14-28(27)33;28-27(29,30)24-8-4-3-6-21(24)23-15-18-16-31-26(32-19-11-9-17(10-12-19)13-14-34)33-25(18)22-7-2-1-5-20(22)23;1-31-13-15-32(16-14-31)12-4-11-28-26-29-18-20-17-24(19-7-9-21(27)10-8-19)22-5-2-3-6-23(22)25(20)30-26/h2-12,21,23,30H,13-20,22H2,1H3,(H,35,36,37);3-4,7-14,18-19,26H,5-6,15-17H2,1-2H3,(H,36,39)(H,34,35,37);1-12,16,23,34H,13-15H2,(H,31,32,33);2-3,5-10,18,24H,4,11-17,27H2,1H3,(H,28,29,30)/t30-;;;/m1.../s1. The fraction of sp³-hybridized carbons (Fsp3) is 0.291. The number of nitrogens with two attached hydrogens (primary N) is 1. The molecule has 28 heteroatoms. The predicted molar refractivity (Wildman–Crippen MR) is 564 cm³/mol. The number of carbonyl (C=O) groups is 1. The second kappa shape index (κ2) is 47.4. The van der Waals surface area contributed by atoms with Gasteiger partial charge in [-0.05, 0) is 249 Å². The molecule has 11 aromatic carbocycles. The van der Waals surface area contributed by atoms with Gasteiger partial charge in [0.25, 0.3) is 5.91 Å². The average molecular weight is 1960 g/mol. The first-order valence-corrected chi connectivity index (χ1v) is 49.9. The highest BCUT2D eigenvalue weighted by molar-refractivity contribution is 6.04. The van der Waals surface area contributed by atoms with Gasteiger partial charge in [-0.2, -0.15) is 13.2 Å². The first-order valence-electron chi connectivity index (χ1n) is 49.9. The lowest BCUT2D eigenvalue weighted by molar-refractivity contribution is -0.138. The third-order valence-corrected chi connectivity index (χ3v) is 28.0. The Hall–Kier alpha value is -14.5. The van der Waals surface area contributed by atoms with Crippen LogP contribution in [-0.4, -0.2) is 208 Å². The van der Waals surface area contributed by atoms with Crippen molar-refractivity contribution in [1.82, 2.24) is 64.4 Å². The van der Waals surface area contributed by atoms with Crippen LogP contribution in [-0.2, 0) is 49.4 Å². The van der Waals surface area contributed by atoms with Crippen molar-refractivity contribution in [3.05, 3.63) is 392 Å². The summed E-state index contributed by atoms with van der Waals surface area (Å²) in [5.74, 6) is -0.0689. The number of hydrogen-bond donors (Lipinski definition) is 7. The smallest absolute Gasteiger partial charge is 0.399 e. The van der Waals surface area contributed by atoms with Gasteiger partial charge in [-0.25, -0.2) is 53.0 Å². The number of fused-ring (bicyclic) bond motifs is 12. The number of benzene rings is 11. The van der Waals surface area contributed by atoms with Crippen LogP contribution < -0.4 is 32.3 Å². The monoisotopic (exact) mass is 1950 g/mol. The number of piperazine rings is 2. The number of rotatable bonds is 29. The van der Waals surface area contributed by atoms with Gasteiger partial charge in [-0.3, -0.25) is 9.69 Å². The maximum absolute atomic E-state index is 14.8. The normalized spacial score (nSPS) is 16.2. The Labute approximate surface area is 843 Å². The molecule has 3 unspecified atom stereocenters. The quantitative estimate of drug-likeness (QED) is 0.0131. The molecule has 2 fully saturated rings. The van der Waals surface area contributed by atoms with E-state index in [0.717, 1.165) is 262 Å². The molecule has 0 radical (unpaired) electrons. The number of likely N-dealkylation sites (N-methyl/N-ethyl adjacent to an activating group) is 1. The number of aromatic nitrogens is 8. The van der Waals surface area contributed by atoms with Crippen molar-refractivity contribution in [3.63, 3.8) is 0 Å². The Morgan fingerprint density at radius 2 is 0.883 bits per heavy atom. The molecule has 21 rings (SSSR count). The average Bonchev–Trinajstić information content (AvgIpc) is 0.601. The number of ether oxygens (including phenoxy) is 1. The van der Waals surface area contributed by atoms with Crippen molar-refractivity contribution < 1.29 is 41.0 Å². The maximum atomic E-state index is 14.8. The number of anilines is 8. The van der Waals surface area contributed by atoms with Gasteiger partial charge >= 0.3 is 6.18 Å². The second-order valence-electron chi connectivity index (χ2n) is 38.0. The third-order valence-electron chi connectivity index (χ3n) is 28.0. The van der Waals surface area contributed by atoms with Gasteiger partial charge in [0.15, 0.2) is 0 Å². The highest BCUT2D eigenvalue weighted by atomic mass is 19.4. The van der Waals surface area contributed by atoms with Crippen molar-refractivity contribution in [2.45, 2.75) is 87.6 Å². The van der Waals surface area contributed by atoms with Crippen LogP contribution in [0.5, 0.6) is 0 Å². The van der Waals surface area contributed by atoms with Crippen LogP contribution in [0, 0.1) is 17.5 Å². The zero-order valence-electron chi connectivity index (χ0n) is 82.0. The summed E-state index contributed by atoms with van der Waals surface area (Å²) in [4.78, 5) is 62.4. The van der Waals surface area contributed by atoms with Crippen LogP contribution in [0.1, 0.15) is 137 Å². The van der Waals surface area contributed by atoms with Gasteiger partial charge in [0, 0.05) is 186 Å². The lowest BCUT2D eigenvalue weighted by atomic mass is 9.76. The van der Waals surface area contributed by atoms with Crippen molar-refractivity contribution in [1.29, 1.82) is 0 Å². The summed E-state index contributed by atoms with van der Waals surface area (Å²) < 4.78 is 88.7. The molecule has 2 saturated heterocycles. The molecule has 0 spiro atoms. The van der Waals surface area contributed by atoms with Crippen molar-refractivity contribution in [3.8, 4) is 45.0 Å². The number of nitrogens with one attached hydrogen (secondary N) is 5. The summed E-state index contributed by atoms with van der Waals surface area (Å²) >= 11 is 0. The Morgan fingerprint density at radius 3 is 1.41 bits per heavy atom. The van der Waals surface area contributed by atoms with Gasteiger partial charge in [0.1, 0.15) is 17.5 Å². The number of aliphatic hydroxyl groups is 1. The van der Waals surface area contributed by atoms with Crippen LogP contribution in [0.2, 0.25) is 0 Å². The Bertz CT molecular complexity index is 6940. The zero-order chi connectivity index (χ0) is 100. The molecule has 145 heavy (non-hydrogen) atoms. The van der Waals surface area contributed by atoms with Crippen molar-refractivity contribution in [2.24, 2.45) is 0 Å². The summed E-state index contributed by atoms with van der Waals surface area (Å²) in [6.45, 7) is 15.9. The van der Waals surface area contributed by atoms with Crippen molar-refractivity contribution >= 4 is 52.5 Å². The predicted octanol–water partition coefficient (Wildman–Crippen LogP) is 21.2. The molecular formula is C117H121F6N19O3. The van der Waals surface area contributed by atoms with E-state index in [1.54, 1.807) is 43.6 Å². The van der Waals surface area contributed by atoms with Gasteiger partial charge in [0.2, 0.25) is 23.8 Å². The summed E-state index contributed by atoms with van der Waals surface area (Å²) in [7, 11) is 8.12. The number of methoxy groups -OCH3 is 1. The highest BCUT2D eigenvalue weighted by Crippen LogP contribution is 2.49. The molecule has 6 heterocycles. The molecule has 22 nitrogen and oxygen atoms in total. The Balaban J connectivity index is 0.000000127. The van der Waals surface area contributed by atoms with Crippen LogP contribution in [0.3, 0.4) is 0 Å². The third kappa shape index (κ3) is 25.1. The summed E-state index contributed by atoms with van der Waals surface area (Å²) in [5.41, 5.74) is 30.1. The number of halogens is 6. The van der Waals surface area contributed by atoms with Crippen LogP contribution in [0.25, 0.3) is 45.0 Å². The number of unbranched alkanes of at least 4 members (excludes halogenated alkanes) is 1. The van der Waals surface area contributed by atoms with E-state index >= 15 is 0 Å². The Morgan fingerprint density at radius 1 is 0.434 bits per heavy atom. The van der Waals surface area contributed by atoms with Crippen LogP contribution in [0.15, 0.2) is 286 Å². The van der Waals surface area contributed by atoms with E-state index in [9.17, 15) is 31.1 Å². The molecule has 0 saturated carbocycles. The zero-order valence-corrected chi connectivity index (χ0v) is 82.0. The number of amides is 1. The molecule has 0 bridgehead atoms. The SMILES string of the molecule is CN(C)CCCCNc1ncc2c(n1)-c1ccccc1C(c1ccc(NC(=O)c3cc(F)ccc3F)cc1)C2.CN1CCN(CCCNc2ncc3c(n2)-c2ccccc2C(c2ccc(N)cc2)C3)CC1.COCCN1CCN(CCc2cccc(Nc3ncc4c(n3)-c3ccccc3[C@H](c3ccccc3F)C4)c2)CC1.OCCc1ccc(Nc2ncc3c(n2)-c2ccccc2C(c2ccccc2C(F)(F)F)C3)cc1. The number of hydrogen-bond acceptors (Lipinski definition) is 21. The number of nitrogens with zero attached hydrogens (tertiary/aromatic N) is 13. The maximum Gasteiger partial charge on any atom is 0.416 e. The number of nitrogen functional groups attached to an aromatic ring is 1. The highest BCUT2D eigenvalue weighted by Gasteiger charge is 2.39. The molecule has 8 N–H and O–H groups in total. The largest absolute Gasteiger partial charge is 0.416 e. The fourth-order valence-electron chi connectivity index (χ4n) is 20.2. The summed E-state index contributed by atoms with van der Waals surface area (Å²) in [6.07, 6.45) is 10.6. The van der Waals surface area contributed by atoms with Gasteiger partial charge < -0.3 is 61.8 Å². The number of carbonyl (C=O) groups excluding carboxylic acids is 1. The molecule has 4 atom stereocenters. The van der Waals surface area contributed by atoms with Crippen molar-refractivity contribution in [2.75, 3.05) is 165 Å². The first kappa shape index (κ1) is 101. The minimum absolute atomic E-state index is 0.0580. The van der Waals surface area contributed by atoms with Crippen LogP contribution in [0.4, 0.5) is 72.9 Å². The number of alkyl halides is 3. The topological polar surface area (TPSA) is 252 Å². The van der Waals surface area contributed by atoms with E-state index in [4.69, 9.17) is 35.5 Å². The fourth-order valence-corrected chi connectivity index (χ4v) is 20.2. The van der Waals surface area contributed by atoms with E-state index in [0.29, 0.717) is 54.3 Å². The molecule has 4 aromatic heterocycles. The van der Waals surface area contributed by atoms with E-state index in [1.165, 1.54) is 45.5 Å². The van der Waals surface area contributed by atoms with E-state index in [-0.39, 0.29) is 35.4 Å².